The van der Waals surface area contributed by atoms with Crippen molar-refractivity contribution in [2.45, 2.75) is 31.1 Å². The number of nitrogens with zero attached hydrogens (tertiary/aromatic N) is 1. The number of hydrogen-bond donors (Lipinski definition) is 3. The van der Waals surface area contributed by atoms with Crippen LogP contribution in [0.2, 0.25) is 0 Å². The predicted molar refractivity (Wildman–Crippen MR) is 61.0 cm³/mol. The molecule has 3 N–H and O–H groups in total. The van der Waals surface area contributed by atoms with Gasteiger partial charge in [0.25, 0.3) is 0 Å². The van der Waals surface area contributed by atoms with Crippen molar-refractivity contribution < 1.29 is 24.5 Å². The number of hydrogen-bond acceptors (Lipinski definition) is 5. The molecule has 3 atom stereocenters. The van der Waals surface area contributed by atoms with Gasteiger partial charge in [0.15, 0.2) is 0 Å². The van der Waals surface area contributed by atoms with Gasteiger partial charge in [0.1, 0.15) is 6.04 Å². The Kier molecular flexibility index (Phi) is 4.15. The van der Waals surface area contributed by atoms with E-state index in [0.29, 0.717) is 13.2 Å². The number of nitrogens with one attached hydrogen (secondary N) is 1. The van der Waals surface area contributed by atoms with E-state index in [2.05, 4.69) is 5.32 Å². The summed E-state index contributed by atoms with van der Waals surface area (Å²) in [4.78, 5) is 24.3. The average Bonchev–Trinajstić information content (AvgIpc) is 2.73. The van der Waals surface area contributed by atoms with Gasteiger partial charge in [-0.3, -0.25) is 4.79 Å². The Morgan fingerprint density at radius 3 is 2.83 bits per heavy atom. The SMILES string of the molecule is O=C(O)[C@@H]1C[C@@H](O)CN1C(=O)CC1CNCCO1. The molecule has 2 rings (SSSR count). The van der Waals surface area contributed by atoms with E-state index in [1.807, 2.05) is 0 Å². The van der Waals surface area contributed by atoms with Gasteiger partial charge >= 0.3 is 5.97 Å². The van der Waals surface area contributed by atoms with Crippen LogP contribution in [0.3, 0.4) is 0 Å². The number of rotatable bonds is 3. The predicted octanol–water partition coefficient (Wildman–Crippen LogP) is -1.59. The molecule has 2 aliphatic heterocycles. The quantitative estimate of drug-likeness (QED) is 0.564. The van der Waals surface area contributed by atoms with Crippen LogP contribution in [0.25, 0.3) is 0 Å². The molecule has 0 aliphatic carbocycles. The summed E-state index contributed by atoms with van der Waals surface area (Å²) in [5, 5.41) is 21.6. The number of aliphatic hydroxyl groups is 1. The monoisotopic (exact) mass is 258 g/mol. The van der Waals surface area contributed by atoms with Gasteiger partial charge in [0.05, 0.1) is 25.2 Å². The van der Waals surface area contributed by atoms with Gasteiger partial charge in [-0.1, -0.05) is 0 Å². The lowest BCUT2D eigenvalue weighted by molar-refractivity contribution is -0.149. The lowest BCUT2D eigenvalue weighted by Gasteiger charge is -2.27. The van der Waals surface area contributed by atoms with Gasteiger partial charge in [-0.2, -0.15) is 0 Å². The van der Waals surface area contributed by atoms with Crippen molar-refractivity contribution in [1.82, 2.24) is 10.2 Å². The highest BCUT2D eigenvalue weighted by Crippen LogP contribution is 2.20. The van der Waals surface area contributed by atoms with Gasteiger partial charge in [-0.05, 0) is 0 Å². The number of aliphatic carboxylic acids is 1. The Hall–Kier alpha value is -1.18. The highest BCUT2D eigenvalue weighted by molar-refractivity contribution is 5.84. The van der Waals surface area contributed by atoms with E-state index in [9.17, 15) is 14.7 Å². The fourth-order valence-electron chi connectivity index (χ4n) is 2.39. The molecule has 2 saturated heterocycles. The van der Waals surface area contributed by atoms with Gasteiger partial charge in [-0.15, -0.1) is 0 Å². The van der Waals surface area contributed by atoms with Crippen LogP contribution < -0.4 is 5.32 Å². The van der Waals surface area contributed by atoms with Crippen LogP contribution in [-0.4, -0.2) is 71.5 Å². The third kappa shape index (κ3) is 2.98. The molecular weight excluding hydrogens is 240 g/mol. The fourth-order valence-corrected chi connectivity index (χ4v) is 2.39. The number of carboxylic acids is 1. The van der Waals surface area contributed by atoms with Gasteiger partial charge in [0, 0.05) is 26.1 Å². The number of morpholine rings is 1. The molecule has 2 fully saturated rings. The van der Waals surface area contributed by atoms with Crippen LogP contribution in [0.5, 0.6) is 0 Å². The first-order valence-corrected chi connectivity index (χ1v) is 6.10. The van der Waals surface area contributed by atoms with E-state index in [-0.39, 0.29) is 31.4 Å². The van der Waals surface area contributed by atoms with Crippen molar-refractivity contribution in [1.29, 1.82) is 0 Å². The van der Waals surface area contributed by atoms with E-state index < -0.39 is 18.1 Å². The number of aliphatic hydroxyl groups excluding tert-OH is 1. The lowest BCUT2D eigenvalue weighted by Crippen LogP contribution is -2.45. The zero-order chi connectivity index (χ0) is 13.1. The Morgan fingerprint density at radius 2 is 2.22 bits per heavy atom. The molecule has 2 heterocycles. The van der Waals surface area contributed by atoms with Crippen molar-refractivity contribution in [3.8, 4) is 0 Å². The molecule has 1 amide bonds. The molecule has 0 aromatic carbocycles. The fraction of sp³-hybridized carbons (Fsp3) is 0.818. The Labute approximate surface area is 105 Å². The molecular formula is C11H18N2O5. The molecule has 7 nitrogen and oxygen atoms in total. The van der Waals surface area contributed by atoms with E-state index in [4.69, 9.17) is 9.84 Å². The summed E-state index contributed by atoms with van der Waals surface area (Å²) in [6.07, 6.45) is -0.701. The zero-order valence-corrected chi connectivity index (χ0v) is 10.0. The molecule has 1 unspecified atom stereocenters. The summed E-state index contributed by atoms with van der Waals surface area (Å²) in [5.74, 6) is -1.34. The maximum Gasteiger partial charge on any atom is 0.326 e. The van der Waals surface area contributed by atoms with Gasteiger partial charge in [0.2, 0.25) is 5.91 Å². The summed E-state index contributed by atoms with van der Waals surface area (Å²) in [6, 6.07) is -0.913. The van der Waals surface area contributed by atoms with Crippen molar-refractivity contribution in [3.63, 3.8) is 0 Å². The maximum absolute atomic E-state index is 12.0. The third-order valence-electron chi connectivity index (χ3n) is 3.29. The Balaban J connectivity index is 1.92. The van der Waals surface area contributed by atoms with Crippen molar-refractivity contribution in [3.05, 3.63) is 0 Å². The normalized spacial score (nSPS) is 32.5. The average molecular weight is 258 g/mol. The molecule has 0 bridgehead atoms. The first-order valence-electron chi connectivity index (χ1n) is 6.10. The number of ether oxygens (including phenoxy) is 1. The van der Waals surface area contributed by atoms with E-state index >= 15 is 0 Å². The van der Waals surface area contributed by atoms with Crippen molar-refractivity contribution in [2.24, 2.45) is 0 Å². The number of likely N-dealkylation sites (tertiary alicyclic amines) is 1. The molecule has 102 valence electrons. The zero-order valence-electron chi connectivity index (χ0n) is 10.0. The Bertz CT molecular complexity index is 329. The van der Waals surface area contributed by atoms with Crippen molar-refractivity contribution in [2.75, 3.05) is 26.2 Å². The molecule has 0 aromatic rings. The molecule has 7 heteroatoms. The summed E-state index contributed by atoms with van der Waals surface area (Å²) in [7, 11) is 0. The minimum Gasteiger partial charge on any atom is -0.480 e. The number of carboxylic acid groups (broad SMARTS) is 1. The van der Waals surface area contributed by atoms with Crippen LogP contribution in [0.1, 0.15) is 12.8 Å². The number of β-amino-alcohol motifs (C(OH)–C–C–N with tert-alkyl or cyclic N) is 1. The van der Waals surface area contributed by atoms with Crippen LogP contribution in [0.4, 0.5) is 0 Å². The number of carbonyl (C=O) groups excluding carboxylic acids is 1. The van der Waals surface area contributed by atoms with Crippen LogP contribution in [0, 0.1) is 0 Å². The topological polar surface area (TPSA) is 99.1 Å². The minimum absolute atomic E-state index is 0.0932. The first kappa shape index (κ1) is 13.3. The second-order valence-corrected chi connectivity index (χ2v) is 4.69. The minimum atomic E-state index is -1.07. The number of amides is 1. The summed E-state index contributed by atoms with van der Waals surface area (Å²) < 4.78 is 5.41. The highest BCUT2D eigenvalue weighted by atomic mass is 16.5. The van der Waals surface area contributed by atoms with E-state index in [0.717, 1.165) is 6.54 Å². The maximum atomic E-state index is 12.0. The van der Waals surface area contributed by atoms with Gasteiger partial charge in [-0.25, -0.2) is 4.79 Å². The molecule has 18 heavy (non-hydrogen) atoms. The lowest BCUT2D eigenvalue weighted by atomic mass is 10.1. The van der Waals surface area contributed by atoms with Crippen LogP contribution in [0.15, 0.2) is 0 Å². The summed E-state index contributed by atoms with van der Waals surface area (Å²) >= 11 is 0. The van der Waals surface area contributed by atoms with Crippen LogP contribution >= 0.6 is 0 Å². The molecule has 0 saturated carbocycles. The smallest absolute Gasteiger partial charge is 0.326 e. The summed E-state index contributed by atoms with van der Waals surface area (Å²) in [6.45, 7) is 2.02. The second kappa shape index (κ2) is 5.64. The largest absolute Gasteiger partial charge is 0.480 e. The standard InChI is InChI=1S/C11H18N2O5/c14-7-3-9(11(16)17)13(6-7)10(15)4-8-5-12-1-2-18-8/h7-9,12,14H,1-6H2,(H,16,17)/t7-,8?,9+/m1/s1. The third-order valence-corrected chi connectivity index (χ3v) is 3.29. The first-order chi connectivity index (χ1) is 8.58. The number of carbonyl (C=O) groups is 2. The molecule has 2 aliphatic rings. The van der Waals surface area contributed by atoms with Crippen molar-refractivity contribution >= 4 is 11.9 Å². The van der Waals surface area contributed by atoms with Crippen LogP contribution in [-0.2, 0) is 14.3 Å². The van der Waals surface area contributed by atoms with E-state index in [1.165, 1.54) is 4.90 Å². The highest BCUT2D eigenvalue weighted by Gasteiger charge is 2.39. The van der Waals surface area contributed by atoms with Gasteiger partial charge < -0.3 is 25.2 Å². The summed E-state index contributed by atoms with van der Waals surface area (Å²) in [5.41, 5.74) is 0. The second-order valence-electron chi connectivity index (χ2n) is 4.69. The Morgan fingerprint density at radius 1 is 1.44 bits per heavy atom. The molecule has 0 aromatic heterocycles. The molecule has 0 radical (unpaired) electrons. The van der Waals surface area contributed by atoms with E-state index in [1.54, 1.807) is 0 Å². The molecule has 0 spiro atoms.